The first-order valence-corrected chi connectivity index (χ1v) is 9.28. The van der Waals surface area contributed by atoms with Crippen LogP contribution in [-0.2, 0) is 6.18 Å². The number of hydrogen-bond acceptors (Lipinski definition) is 4. The Balaban J connectivity index is 2.50. The van der Waals surface area contributed by atoms with E-state index in [1.165, 1.54) is 24.3 Å². The number of halogens is 5. The number of allylic oxidation sites excluding steroid dienone is 1. The Hall–Kier alpha value is -2.14. The van der Waals surface area contributed by atoms with Gasteiger partial charge in [0.1, 0.15) is 11.6 Å². The Kier molecular flexibility index (Phi) is 6.82. The van der Waals surface area contributed by atoms with Gasteiger partial charge in [-0.2, -0.15) is 18.4 Å². The maximum absolute atomic E-state index is 13.2. The summed E-state index contributed by atoms with van der Waals surface area (Å²) >= 11 is 12.8. The topological polar surface area (TPSA) is 52.9 Å². The molecule has 0 fully saturated rings. The third kappa shape index (κ3) is 4.98. The molecule has 0 unspecified atom stereocenters. The summed E-state index contributed by atoms with van der Waals surface area (Å²) in [6.45, 7) is 0. The van der Waals surface area contributed by atoms with Gasteiger partial charge in [0.2, 0.25) is 5.78 Å². The number of alkyl halides is 3. The summed E-state index contributed by atoms with van der Waals surface area (Å²) in [7, 11) is 0. The minimum absolute atomic E-state index is 0.0952. The maximum Gasteiger partial charge on any atom is 0.417 e. The van der Waals surface area contributed by atoms with E-state index in [4.69, 9.17) is 23.2 Å². The second kappa shape index (κ2) is 8.70. The summed E-state index contributed by atoms with van der Waals surface area (Å²) in [5.74, 6) is -1.03. The molecule has 0 spiro atoms. The first kappa shape index (κ1) is 21.2. The second-order valence-electron chi connectivity index (χ2n) is 5.15. The van der Waals surface area contributed by atoms with Gasteiger partial charge in [0.25, 0.3) is 0 Å². The van der Waals surface area contributed by atoms with Crippen molar-refractivity contribution in [3.8, 4) is 6.07 Å². The van der Waals surface area contributed by atoms with Gasteiger partial charge >= 0.3 is 6.18 Å². The lowest BCUT2D eigenvalue weighted by Crippen LogP contribution is -2.16. The van der Waals surface area contributed by atoms with Crippen LogP contribution >= 0.6 is 35.0 Å². The van der Waals surface area contributed by atoms with Crippen molar-refractivity contribution in [2.45, 2.75) is 6.18 Å². The fourth-order valence-corrected chi connectivity index (χ4v) is 3.05. The molecule has 0 aromatic heterocycles. The van der Waals surface area contributed by atoms with Gasteiger partial charge in [-0.05, 0) is 30.5 Å². The molecule has 0 aliphatic rings. The number of ketones is 1. The van der Waals surface area contributed by atoms with Gasteiger partial charge in [-0.25, -0.2) is 0 Å². The molecular formula is C18H11Cl2F3N2OS. The highest BCUT2D eigenvalue weighted by atomic mass is 35.5. The molecule has 27 heavy (non-hydrogen) atoms. The van der Waals surface area contributed by atoms with Gasteiger partial charge in [-0.1, -0.05) is 41.4 Å². The lowest BCUT2D eigenvalue weighted by atomic mass is 9.99. The second-order valence-corrected chi connectivity index (χ2v) is 6.78. The molecule has 2 aromatic rings. The Morgan fingerprint density at radius 2 is 1.81 bits per heavy atom. The van der Waals surface area contributed by atoms with Crippen LogP contribution < -0.4 is 5.32 Å². The molecule has 0 amide bonds. The van der Waals surface area contributed by atoms with E-state index in [2.05, 4.69) is 5.32 Å². The summed E-state index contributed by atoms with van der Waals surface area (Å²) < 4.78 is 39.6. The van der Waals surface area contributed by atoms with Gasteiger partial charge in [0.15, 0.2) is 0 Å². The molecule has 0 aliphatic carbocycles. The minimum atomic E-state index is -4.72. The van der Waals surface area contributed by atoms with Crippen molar-refractivity contribution < 1.29 is 18.0 Å². The summed E-state index contributed by atoms with van der Waals surface area (Å²) in [6.07, 6.45) is -3.14. The van der Waals surface area contributed by atoms with Crippen LogP contribution in [0.25, 0.3) is 0 Å². The predicted octanol–water partition coefficient (Wildman–Crippen LogP) is 6.41. The normalized spacial score (nSPS) is 12.2. The third-order valence-electron chi connectivity index (χ3n) is 3.42. The molecule has 9 heteroatoms. The number of nitrogens with one attached hydrogen (secondary N) is 1. The number of nitrogens with zero attached hydrogens (tertiary/aromatic N) is 1. The van der Waals surface area contributed by atoms with Crippen molar-refractivity contribution in [3.63, 3.8) is 0 Å². The van der Waals surface area contributed by atoms with Crippen molar-refractivity contribution in [3.05, 3.63) is 74.2 Å². The zero-order valence-corrected chi connectivity index (χ0v) is 16.0. The van der Waals surface area contributed by atoms with E-state index in [9.17, 15) is 23.2 Å². The van der Waals surface area contributed by atoms with E-state index in [-0.39, 0.29) is 10.1 Å². The number of carbonyl (C=O) groups excluding carboxylic acids is 1. The van der Waals surface area contributed by atoms with Gasteiger partial charge < -0.3 is 5.32 Å². The largest absolute Gasteiger partial charge is 0.417 e. The molecule has 2 aromatic carbocycles. The number of Topliss-reactive ketones (excluding diaryl/α,β-unsaturated/α-hetero) is 1. The number of nitriles is 1. The average molecular weight is 431 g/mol. The van der Waals surface area contributed by atoms with Crippen LogP contribution in [0.3, 0.4) is 0 Å². The first-order chi connectivity index (χ1) is 12.7. The molecule has 0 saturated carbocycles. The van der Waals surface area contributed by atoms with Gasteiger partial charge in [-0.15, -0.1) is 11.8 Å². The highest BCUT2D eigenvalue weighted by Crippen LogP contribution is 2.34. The quantitative estimate of drug-likeness (QED) is 0.338. The highest BCUT2D eigenvalue weighted by Gasteiger charge is 2.35. The van der Waals surface area contributed by atoms with Crippen LogP contribution in [0.15, 0.2) is 53.1 Å². The summed E-state index contributed by atoms with van der Waals surface area (Å²) in [6, 6.07) is 10.6. The molecule has 0 aliphatic heterocycles. The van der Waals surface area contributed by atoms with Crippen LogP contribution in [-0.4, -0.2) is 12.0 Å². The molecule has 3 nitrogen and oxygen atoms in total. The van der Waals surface area contributed by atoms with E-state index in [0.29, 0.717) is 10.7 Å². The van der Waals surface area contributed by atoms with E-state index in [0.717, 1.165) is 23.9 Å². The van der Waals surface area contributed by atoms with Gasteiger partial charge in [0.05, 0.1) is 20.6 Å². The van der Waals surface area contributed by atoms with E-state index < -0.39 is 28.7 Å². The molecule has 0 heterocycles. The summed E-state index contributed by atoms with van der Waals surface area (Å²) in [4.78, 5) is 12.7. The lowest BCUT2D eigenvalue weighted by Gasteiger charge is -2.14. The van der Waals surface area contributed by atoms with Crippen LogP contribution in [0.5, 0.6) is 0 Å². The average Bonchev–Trinajstić information content (AvgIpc) is 2.63. The third-order valence-corrected chi connectivity index (χ3v) is 4.88. The van der Waals surface area contributed by atoms with Gasteiger partial charge in [0, 0.05) is 11.3 Å². The van der Waals surface area contributed by atoms with Crippen molar-refractivity contribution in [2.24, 2.45) is 0 Å². The molecule has 1 N–H and O–H groups in total. The van der Waals surface area contributed by atoms with E-state index in [1.807, 2.05) is 0 Å². The highest BCUT2D eigenvalue weighted by molar-refractivity contribution is 8.02. The SMILES string of the molecule is CS/C(Nc1ccc(Cl)c(Cl)c1)=C(\C#N)C(=O)c1ccccc1C(F)(F)F. The lowest BCUT2D eigenvalue weighted by molar-refractivity contribution is -0.137. The van der Waals surface area contributed by atoms with Crippen molar-refractivity contribution in [1.82, 2.24) is 0 Å². The van der Waals surface area contributed by atoms with Crippen LogP contribution in [0.1, 0.15) is 15.9 Å². The van der Waals surface area contributed by atoms with Gasteiger partial charge in [-0.3, -0.25) is 4.79 Å². The number of hydrogen-bond donors (Lipinski definition) is 1. The van der Waals surface area contributed by atoms with E-state index >= 15 is 0 Å². The molecule has 0 atom stereocenters. The van der Waals surface area contributed by atoms with Crippen LogP contribution in [0.2, 0.25) is 10.0 Å². The number of benzene rings is 2. The first-order valence-electron chi connectivity index (χ1n) is 7.30. The Bertz CT molecular complexity index is 952. The standard InChI is InChI=1S/C18H11Cl2F3N2OS/c1-27-17(25-10-6-7-14(19)15(20)8-10)12(9-24)16(26)11-4-2-3-5-13(11)18(21,22)23/h2-8,25H,1H3/b17-12+. The summed E-state index contributed by atoms with van der Waals surface area (Å²) in [5.41, 5.74) is -1.70. The van der Waals surface area contributed by atoms with Crippen molar-refractivity contribution in [1.29, 1.82) is 5.26 Å². The maximum atomic E-state index is 13.2. The fraction of sp³-hybridized carbons (Fsp3) is 0.111. The zero-order valence-electron chi connectivity index (χ0n) is 13.7. The molecule has 0 saturated heterocycles. The Morgan fingerprint density at radius 3 is 2.37 bits per heavy atom. The summed E-state index contributed by atoms with van der Waals surface area (Å²) in [5, 5.41) is 12.9. The molecule has 0 radical (unpaired) electrons. The smallest absolute Gasteiger partial charge is 0.349 e. The van der Waals surface area contributed by atoms with E-state index in [1.54, 1.807) is 18.4 Å². The number of carbonyl (C=O) groups is 1. The molecule has 0 bridgehead atoms. The molecular weight excluding hydrogens is 420 g/mol. The van der Waals surface area contributed by atoms with Crippen LogP contribution in [0.4, 0.5) is 18.9 Å². The van der Waals surface area contributed by atoms with Crippen molar-refractivity contribution >= 4 is 46.4 Å². The molecule has 2 rings (SSSR count). The fourth-order valence-electron chi connectivity index (χ4n) is 2.19. The Morgan fingerprint density at radius 1 is 1.15 bits per heavy atom. The van der Waals surface area contributed by atoms with Crippen molar-refractivity contribution in [2.75, 3.05) is 11.6 Å². The van der Waals surface area contributed by atoms with Crippen LogP contribution in [0, 0.1) is 11.3 Å². The number of anilines is 1. The number of rotatable bonds is 5. The molecule has 140 valence electrons. The predicted molar refractivity (Wildman–Crippen MR) is 102 cm³/mol. The number of thioether (sulfide) groups is 1. The zero-order chi connectivity index (χ0) is 20.2. The minimum Gasteiger partial charge on any atom is -0.349 e. The Labute approximate surface area is 167 Å². The monoisotopic (exact) mass is 430 g/mol.